The summed E-state index contributed by atoms with van der Waals surface area (Å²) in [4.78, 5) is 3.69. The van der Waals surface area contributed by atoms with Crippen molar-refractivity contribution in [1.29, 1.82) is 0 Å². The lowest BCUT2D eigenvalue weighted by Gasteiger charge is -2.09. The molecule has 0 aliphatic rings. The Bertz CT molecular complexity index is 313. The third-order valence-corrected chi connectivity index (χ3v) is 2.35. The predicted octanol–water partition coefficient (Wildman–Crippen LogP) is 3.65. The molecular weight excluding hydrogens is 270 g/mol. The Morgan fingerprint density at radius 3 is 2.54 bits per heavy atom. The second-order valence-corrected chi connectivity index (χ2v) is 3.19. The summed E-state index contributed by atoms with van der Waals surface area (Å²) in [6, 6.07) is 0.856. The first kappa shape index (κ1) is 10.8. The smallest absolute Gasteiger partial charge is 0.259 e. The minimum atomic E-state index is -4.42. The standard InChI is InChI=1S/C7H4BrClF3N/c8-3-5-6(9)4(1-2-13-5)7(10,11)12/h1-2H,3H2. The van der Waals surface area contributed by atoms with Gasteiger partial charge in [0.25, 0.3) is 0 Å². The Morgan fingerprint density at radius 2 is 2.08 bits per heavy atom. The number of halogens is 5. The summed E-state index contributed by atoms with van der Waals surface area (Å²) in [7, 11) is 0. The van der Waals surface area contributed by atoms with E-state index in [0.29, 0.717) is 0 Å². The molecule has 0 atom stereocenters. The average molecular weight is 274 g/mol. The lowest BCUT2D eigenvalue weighted by atomic mass is 10.2. The quantitative estimate of drug-likeness (QED) is 0.712. The van der Waals surface area contributed by atoms with Crippen LogP contribution < -0.4 is 0 Å². The van der Waals surface area contributed by atoms with Crippen molar-refractivity contribution in [2.45, 2.75) is 11.5 Å². The van der Waals surface area contributed by atoms with Crippen molar-refractivity contribution in [3.05, 3.63) is 28.5 Å². The molecule has 0 amide bonds. The van der Waals surface area contributed by atoms with Gasteiger partial charge in [-0.25, -0.2) is 0 Å². The summed E-state index contributed by atoms with van der Waals surface area (Å²) < 4.78 is 36.7. The van der Waals surface area contributed by atoms with Crippen molar-refractivity contribution in [3.63, 3.8) is 0 Å². The molecule has 1 nitrogen and oxygen atoms in total. The minimum Gasteiger partial charge on any atom is -0.259 e. The van der Waals surface area contributed by atoms with E-state index in [1.54, 1.807) is 0 Å². The maximum absolute atomic E-state index is 12.2. The van der Waals surface area contributed by atoms with Crippen LogP contribution in [0.3, 0.4) is 0 Å². The van der Waals surface area contributed by atoms with E-state index >= 15 is 0 Å². The predicted molar refractivity (Wildman–Crippen MR) is 46.9 cm³/mol. The van der Waals surface area contributed by atoms with Gasteiger partial charge in [0.2, 0.25) is 0 Å². The highest BCUT2D eigenvalue weighted by Crippen LogP contribution is 2.35. The largest absolute Gasteiger partial charge is 0.417 e. The molecule has 0 aliphatic carbocycles. The summed E-state index contributed by atoms with van der Waals surface area (Å²) in [5.41, 5.74) is -0.657. The van der Waals surface area contributed by atoms with Crippen LogP contribution in [0, 0.1) is 0 Å². The van der Waals surface area contributed by atoms with Crippen LogP contribution in [0.25, 0.3) is 0 Å². The van der Waals surface area contributed by atoms with Gasteiger partial charge >= 0.3 is 6.18 Å². The first-order chi connectivity index (χ1) is 5.96. The summed E-state index contributed by atoms with van der Waals surface area (Å²) in [6.45, 7) is 0. The van der Waals surface area contributed by atoms with Crippen molar-refractivity contribution in [3.8, 4) is 0 Å². The first-order valence-electron chi connectivity index (χ1n) is 3.23. The summed E-state index contributed by atoms with van der Waals surface area (Å²) >= 11 is 8.48. The van der Waals surface area contributed by atoms with Crippen LogP contribution in [-0.4, -0.2) is 4.98 Å². The molecule has 0 N–H and O–H groups in total. The molecule has 0 aromatic carbocycles. The summed E-state index contributed by atoms with van der Waals surface area (Å²) in [6.07, 6.45) is -3.33. The number of hydrogen-bond donors (Lipinski definition) is 0. The lowest BCUT2D eigenvalue weighted by molar-refractivity contribution is -0.137. The van der Waals surface area contributed by atoms with Gasteiger partial charge in [-0.1, -0.05) is 27.5 Å². The van der Waals surface area contributed by atoms with Gasteiger partial charge in [-0.15, -0.1) is 0 Å². The van der Waals surface area contributed by atoms with Gasteiger partial charge in [0.15, 0.2) is 0 Å². The molecule has 6 heteroatoms. The fraction of sp³-hybridized carbons (Fsp3) is 0.286. The number of nitrogens with zero attached hydrogens (tertiary/aromatic N) is 1. The van der Waals surface area contributed by atoms with Gasteiger partial charge < -0.3 is 0 Å². The maximum atomic E-state index is 12.2. The number of hydrogen-bond acceptors (Lipinski definition) is 1. The molecule has 72 valence electrons. The van der Waals surface area contributed by atoms with Crippen molar-refractivity contribution < 1.29 is 13.2 Å². The molecular formula is C7H4BrClF3N. The topological polar surface area (TPSA) is 12.9 Å². The highest BCUT2D eigenvalue weighted by atomic mass is 79.9. The van der Waals surface area contributed by atoms with Gasteiger partial charge in [-0.3, -0.25) is 4.98 Å². The van der Waals surface area contributed by atoms with E-state index in [1.165, 1.54) is 0 Å². The molecule has 0 saturated heterocycles. The van der Waals surface area contributed by atoms with E-state index in [-0.39, 0.29) is 16.0 Å². The average Bonchev–Trinajstić information content (AvgIpc) is 2.02. The van der Waals surface area contributed by atoms with Crippen molar-refractivity contribution in [2.24, 2.45) is 0 Å². The van der Waals surface area contributed by atoms with E-state index in [4.69, 9.17) is 11.6 Å². The molecule has 1 aromatic rings. The van der Waals surface area contributed by atoms with Crippen molar-refractivity contribution in [1.82, 2.24) is 4.98 Å². The van der Waals surface area contributed by atoms with E-state index < -0.39 is 11.7 Å². The molecule has 13 heavy (non-hydrogen) atoms. The number of rotatable bonds is 1. The van der Waals surface area contributed by atoms with E-state index in [0.717, 1.165) is 12.3 Å². The second kappa shape index (κ2) is 3.84. The Kier molecular flexibility index (Phi) is 3.18. The van der Waals surface area contributed by atoms with Crippen LogP contribution in [-0.2, 0) is 11.5 Å². The summed E-state index contributed by atoms with van der Waals surface area (Å²) in [5.74, 6) is 0. The van der Waals surface area contributed by atoms with Gasteiger partial charge in [0.1, 0.15) is 0 Å². The van der Waals surface area contributed by atoms with Crippen molar-refractivity contribution >= 4 is 27.5 Å². The Labute approximate surface area is 86.0 Å². The Hall–Kier alpha value is -0.290. The van der Waals surface area contributed by atoms with E-state index in [1.807, 2.05) is 0 Å². The molecule has 0 spiro atoms. The molecule has 0 aliphatic heterocycles. The number of pyridine rings is 1. The summed E-state index contributed by atoms with van der Waals surface area (Å²) in [5, 5.41) is -0.137. The maximum Gasteiger partial charge on any atom is 0.417 e. The third-order valence-electron chi connectivity index (χ3n) is 1.39. The van der Waals surface area contributed by atoms with Crippen LogP contribution in [0.4, 0.5) is 13.2 Å². The third kappa shape index (κ3) is 2.34. The highest BCUT2D eigenvalue weighted by molar-refractivity contribution is 9.08. The van der Waals surface area contributed by atoms with E-state index in [9.17, 15) is 13.2 Å². The van der Waals surface area contributed by atoms with Gasteiger partial charge in [-0.2, -0.15) is 13.2 Å². The fourth-order valence-corrected chi connectivity index (χ4v) is 1.67. The Morgan fingerprint density at radius 1 is 1.46 bits per heavy atom. The monoisotopic (exact) mass is 273 g/mol. The normalized spacial score (nSPS) is 11.8. The lowest BCUT2D eigenvalue weighted by Crippen LogP contribution is -2.07. The molecule has 1 heterocycles. The molecule has 1 aromatic heterocycles. The molecule has 0 radical (unpaired) electrons. The minimum absolute atomic E-state index is 0.191. The molecule has 0 fully saturated rings. The van der Waals surface area contributed by atoms with Crippen molar-refractivity contribution in [2.75, 3.05) is 0 Å². The van der Waals surface area contributed by atoms with Crippen LogP contribution in [0.15, 0.2) is 12.3 Å². The molecule has 1 rings (SSSR count). The van der Waals surface area contributed by atoms with Crippen LogP contribution in [0.5, 0.6) is 0 Å². The van der Waals surface area contributed by atoms with Crippen LogP contribution >= 0.6 is 27.5 Å². The molecule has 0 unspecified atom stereocenters. The Balaban J connectivity index is 3.24. The SMILES string of the molecule is FC(F)(F)c1ccnc(CBr)c1Cl. The number of aromatic nitrogens is 1. The van der Waals surface area contributed by atoms with Crippen LogP contribution in [0.2, 0.25) is 5.02 Å². The van der Waals surface area contributed by atoms with Crippen LogP contribution in [0.1, 0.15) is 11.3 Å². The molecule has 0 bridgehead atoms. The van der Waals surface area contributed by atoms with Gasteiger partial charge in [0, 0.05) is 11.5 Å². The highest BCUT2D eigenvalue weighted by Gasteiger charge is 2.33. The zero-order valence-electron chi connectivity index (χ0n) is 6.20. The van der Waals surface area contributed by atoms with Gasteiger partial charge in [-0.05, 0) is 6.07 Å². The zero-order chi connectivity index (χ0) is 10.1. The molecule has 0 saturated carbocycles. The fourth-order valence-electron chi connectivity index (χ4n) is 0.799. The first-order valence-corrected chi connectivity index (χ1v) is 4.73. The second-order valence-electron chi connectivity index (χ2n) is 2.25. The van der Waals surface area contributed by atoms with Gasteiger partial charge in [0.05, 0.1) is 16.3 Å². The van der Waals surface area contributed by atoms with E-state index in [2.05, 4.69) is 20.9 Å². The number of alkyl halides is 4. The zero-order valence-corrected chi connectivity index (χ0v) is 8.54.